The molecule has 3 aromatic rings. The lowest BCUT2D eigenvalue weighted by Gasteiger charge is -2.21. The zero-order valence-corrected chi connectivity index (χ0v) is 19.3. The fraction of sp³-hybridized carbons (Fsp3) is 0.280. The number of hydrogen-bond donors (Lipinski definition) is 2. The van der Waals surface area contributed by atoms with E-state index >= 15 is 0 Å². The molecule has 0 radical (unpaired) electrons. The number of aryl methyl sites for hydroxylation is 2. The van der Waals surface area contributed by atoms with Gasteiger partial charge < -0.3 is 10.6 Å². The molecule has 0 unspecified atom stereocenters. The maximum absolute atomic E-state index is 12.8. The van der Waals surface area contributed by atoms with E-state index in [4.69, 9.17) is 0 Å². The molecule has 1 heterocycles. The zero-order valence-electron chi connectivity index (χ0n) is 18.5. The number of anilines is 2. The van der Waals surface area contributed by atoms with Gasteiger partial charge in [-0.3, -0.25) is 14.5 Å². The van der Waals surface area contributed by atoms with Crippen LogP contribution in [-0.2, 0) is 16.1 Å². The Balaban J connectivity index is 1.68. The predicted octanol–water partition coefficient (Wildman–Crippen LogP) is 5.06. The smallest absolute Gasteiger partial charge is 0.238 e. The van der Waals surface area contributed by atoms with Gasteiger partial charge in [-0.25, -0.2) is 0 Å². The van der Waals surface area contributed by atoms with E-state index in [1.165, 1.54) is 0 Å². The minimum atomic E-state index is -0.134. The molecule has 3 rings (SSSR count). The summed E-state index contributed by atoms with van der Waals surface area (Å²) >= 11 is 1.62. The number of thiophene rings is 1. The van der Waals surface area contributed by atoms with Gasteiger partial charge in [0, 0.05) is 22.8 Å². The second kappa shape index (κ2) is 10.4. The standard InChI is InChI=1S/C25H29N3O2S/c1-17-8-5-11-22(19(17)3)26-24(29)15-28(14-21-10-7-13-31-21)16-25(30)27-23-12-6-9-18(2)20(23)4/h5-13H,14-16H2,1-4H3,(H,26,29)(H,27,30). The van der Waals surface area contributed by atoms with Crippen LogP contribution in [0.3, 0.4) is 0 Å². The van der Waals surface area contributed by atoms with Crippen molar-refractivity contribution in [3.8, 4) is 0 Å². The van der Waals surface area contributed by atoms with Crippen molar-refractivity contribution in [3.05, 3.63) is 81.0 Å². The lowest BCUT2D eigenvalue weighted by Crippen LogP contribution is -2.38. The lowest BCUT2D eigenvalue weighted by molar-refractivity contribution is -0.120. The first-order valence-electron chi connectivity index (χ1n) is 10.3. The first-order chi connectivity index (χ1) is 14.8. The molecule has 0 aliphatic heterocycles. The summed E-state index contributed by atoms with van der Waals surface area (Å²) in [7, 11) is 0. The minimum absolute atomic E-state index is 0.130. The van der Waals surface area contributed by atoms with Gasteiger partial charge in [0.25, 0.3) is 0 Å². The Morgan fingerprint density at radius 2 is 1.29 bits per heavy atom. The molecule has 0 aliphatic rings. The molecule has 0 saturated heterocycles. The maximum atomic E-state index is 12.8. The molecule has 0 bridgehead atoms. The van der Waals surface area contributed by atoms with Crippen molar-refractivity contribution < 1.29 is 9.59 Å². The van der Waals surface area contributed by atoms with Crippen molar-refractivity contribution >= 4 is 34.5 Å². The molecule has 1 aromatic heterocycles. The van der Waals surface area contributed by atoms with E-state index in [2.05, 4.69) is 10.6 Å². The van der Waals surface area contributed by atoms with Crippen molar-refractivity contribution in [1.82, 2.24) is 4.90 Å². The summed E-state index contributed by atoms with van der Waals surface area (Å²) in [6, 6.07) is 15.7. The van der Waals surface area contributed by atoms with Crippen LogP contribution in [0.1, 0.15) is 27.1 Å². The molecule has 2 amide bonds. The number of nitrogens with zero attached hydrogens (tertiary/aromatic N) is 1. The maximum Gasteiger partial charge on any atom is 0.238 e. The van der Waals surface area contributed by atoms with E-state index in [9.17, 15) is 9.59 Å². The number of carbonyl (C=O) groups is 2. The third-order valence-electron chi connectivity index (χ3n) is 5.45. The fourth-order valence-corrected chi connectivity index (χ4v) is 4.10. The monoisotopic (exact) mass is 435 g/mol. The second-order valence-corrected chi connectivity index (χ2v) is 8.85. The summed E-state index contributed by atoms with van der Waals surface area (Å²) in [5.41, 5.74) is 5.96. The molecule has 6 heteroatoms. The number of nitrogens with one attached hydrogen (secondary N) is 2. The van der Waals surface area contributed by atoms with Gasteiger partial charge >= 0.3 is 0 Å². The van der Waals surface area contributed by atoms with Gasteiger partial charge in [-0.1, -0.05) is 30.3 Å². The predicted molar refractivity (Wildman–Crippen MR) is 129 cm³/mol. The third kappa shape index (κ3) is 6.26. The van der Waals surface area contributed by atoms with E-state index in [0.29, 0.717) is 6.54 Å². The average molecular weight is 436 g/mol. The van der Waals surface area contributed by atoms with Crippen LogP contribution in [0.15, 0.2) is 53.9 Å². The van der Waals surface area contributed by atoms with Crippen LogP contribution >= 0.6 is 11.3 Å². The van der Waals surface area contributed by atoms with Crippen LogP contribution in [0.4, 0.5) is 11.4 Å². The minimum Gasteiger partial charge on any atom is -0.325 e. The summed E-state index contributed by atoms with van der Waals surface area (Å²) in [4.78, 5) is 28.5. The molecule has 31 heavy (non-hydrogen) atoms. The molecule has 0 atom stereocenters. The van der Waals surface area contributed by atoms with E-state index in [1.807, 2.05) is 86.5 Å². The Hall–Kier alpha value is -2.96. The molecule has 162 valence electrons. The number of amides is 2. The Morgan fingerprint density at radius 3 is 1.74 bits per heavy atom. The highest BCUT2D eigenvalue weighted by atomic mass is 32.1. The van der Waals surface area contributed by atoms with E-state index in [1.54, 1.807) is 11.3 Å². The molecule has 0 aliphatic carbocycles. The summed E-state index contributed by atoms with van der Waals surface area (Å²) < 4.78 is 0. The van der Waals surface area contributed by atoms with Gasteiger partial charge in [0.15, 0.2) is 0 Å². The summed E-state index contributed by atoms with van der Waals surface area (Å²) in [5, 5.41) is 7.98. The SMILES string of the molecule is Cc1cccc(NC(=O)CN(CC(=O)Nc2cccc(C)c2C)Cc2cccs2)c1C. The lowest BCUT2D eigenvalue weighted by atomic mass is 10.1. The summed E-state index contributed by atoms with van der Waals surface area (Å²) in [5.74, 6) is -0.269. The molecular weight excluding hydrogens is 406 g/mol. The van der Waals surface area contributed by atoms with Crippen LogP contribution in [0.2, 0.25) is 0 Å². The quantitative estimate of drug-likeness (QED) is 0.520. The first kappa shape index (κ1) is 22.7. The molecular formula is C25H29N3O2S. The number of carbonyl (C=O) groups excluding carboxylic acids is 2. The first-order valence-corrected chi connectivity index (χ1v) is 11.2. The third-order valence-corrected chi connectivity index (χ3v) is 6.31. The highest BCUT2D eigenvalue weighted by molar-refractivity contribution is 7.09. The zero-order chi connectivity index (χ0) is 22.4. The average Bonchev–Trinajstić information content (AvgIpc) is 3.22. The van der Waals surface area contributed by atoms with Gasteiger partial charge in [0.1, 0.15) is 0 Å². The van der Waals surface area contributed by atoms with Crippen LogP contribution in [0.5, 0.6) is 0 Å². The molecule has 0 saturated carbocycles. The van der Waals surface area contributed by atoms with E-state index in [0.717, 1.165) is 38.5 Å². The topological polar surface area (TPSA) is 61.4 Å². The van der Waals surface area contributed by atoms with Crippen LogP contribution < -0.4 is 10.6 Å². The van der Waals surface area contributed by atoms with Crippen molar-refractivity contribution in [1.29, 1.82) is 0 Å². The van der Waals surface area contributed by atoms with Crippen LogP contribution in [0, 0.1) is 27.7 Å². The van der Waals surface area contributed by atoms with Gasteiger partial charge in [0.05, 0.1) is 13.1 Å². The van der Waals surface area contributed by atoms with Gasteiger partial charge in [0.2, 0.25) is 11.8 Å². The van der Waals surface area contributed by atoms with Crippen molar-refractivity contribution in [2.75, 3.05) is 23.7 Å². The highest BCUT2D eigenvalue weighted by Crippen LogP contribution is 2.20. The van der Waals surface area contributed by atoms with Crippen molar-refractivity contribution in [2.24, 2.45) is 0 Å². The second-order valence-electron chi connectivity index (χ2n) is 7.82. The largest absolute Gasteiger partial charge is 0.325 e. The van der Waals surface area contributed by atoms with Gasteiger partial charge in [-0.2, -0.15) is 0 Å². The summed E-state index contributed by atoms with van der Waals surface area (Å²) in [6.45, 7) is 8.82. The van der Waals surface area contributed by atoms with Crippen molar-refractivity contribution in [2.45, 2.75) is 34.2 Å². The molecule has 2 aromatic carbocycles. The van der Waals surface area contributed by atoms with Gasteiger partial charge in [-0.05, 0) is 73.5 Å². The van der Waals surface area contributed by atoms with E-state index in [-0.39, 0.29) is 24.9 Å². The number of rotatable bonds is 8. The van der Waals surface area contributed by atoms with Crippen LogP contribution in [0.25, 0.3) is 0 Å². The summed E-state index contributed by atoms with van der Waals surface area (Å²) in [6.07, 6.45) is 0. The number of hydrogen-bond acceptors (Lipinski definition) is 4. The molecule has 0 fully saturated rings. The highest BCUT2D eigenvalue weighted by Gasteiger charge is 2.17. The Kier molecular flexibility index (Phi) is 7.60. The van der Waals surface area contributed by atoms with Gasteiger partial charge in [-0.15, -0.1) is 11.3 Å². The number of benzene rings is 2. The van der Waals surface area contributed by atoms with E-state index < -0.39 is 0 Å². The Labute approximate surface area is 188 Å². The Bertz CT molecular complexity index is 993. The molecule has 2 N–H and O–H groups in total. The molecule has 5 nitrogen and oxygen atoms in total. The Morgan fingerprint density at radius 1 is 0.774 bits per heavy atom. The normalized spacial score (nSPS) is 10.9. The van der Waals surface area contributed by atoms with Crippen LogP contribution in [-0.4, -0.2) is 29.8 Å². The fourth-order valence-electron chi connectivity index (χ4n) is 3.35. The van der Waals surface area contributed by atoms with Crippen molar-refractivity contribution in [3.63, 3.8) is 0 Å². The molecule has 0 spiro atoms.